The zero-order valence-electron chi connectivity index (χ0n) is 17.3. The fourth-order valence-electron chi connectivity index (χ4n) is 5.00. The Hall–Kier alpha value is -2.15. The van der Waals surface area contributed by atoms with Gasteiger partial charge in [-0.3, -0.25) is 4.79 Å². The Kier molecular flexibility index (Phi) is 5.76. The van der Waals surface area contributed by atoms with E-state index in [4.69, 9.17) is 4.74 Å². The average Bonchev–Trinajstić information content (AvgIpc) is 3.26. The Balaban J connectivity index is 1.33. The van der Waals surface area contributed by atoms with Crippen LogP contribution in [-0.4, -0.2) is 67.2 Å². The summed E-state index contributed by atoms with van der Waals surface area (Å²) in [6.45, 7) is 8.44. The average molecular weight is 403 g/mol. The lowest BCUT2D eigenvalue weighted by Crippen LogP contribution is -2.43. The van der Waals surface area contributed by atoms with Crippen LogP contribution in [0.1, 0.15) is 44.6 Å². The smallest absolute Gasteiger partial charge is 0.409 e. The number of benzene rings is 1. The number of carbonyl (C=O) groups is 2. The number of carbonyl (C=O) groups excluding carboxylic acids is 2. The number of rotatable bonds is 4. The number of fused-ring (bicyclic) bond motifs is 1. The van der Waals surface area contributed by atoms with Crippen molar-refractivity contribution < 1.29 is 18.7 Å². The third-order valence-corrected chi connectivity index (χ3v) is 6.59. The molecule has 0 saturated carbocycles. The minimum Gasteiger partial charge on any atom is -0.450 e. The van der Waals surface area contributed by atoms with Crippen molar-refractivity contribution in [3.8, 4) is 0 Å². The maximum Gasteiger partial charge on any atom is 0.409 e. The minimum atomic E-state index is -0.285. The Morgan fingerprint density at radius 1 is 1.21 bits per heavy atom. The molecule has 7 heteroatoms. The molecule has 3 aliphatic heterocycles. The van der Waals surface area contributed by atoms with Gasteiger partial charge in [-0.05, 0) is 62.8 Å². The summed E-state index contributed by atoms with van der Waals surface area (Å²) in [7, 11) is 0. The van der Waals surface area contributed by atoms with E-state index in [-0.39, 0.29) is 29.8 Å². The van der Waals surface area contributed by atoms with E-state index in [2.05, 4.69) is 4.90 Å². The molecule has 0 aliphatic carbocycles. The highest BCUT2D eigenvalue weighted by atomic mass is 19.1. The summed E-state index contributed by atoms with van der Waals surface area (Å²) < 4.78 is 18.7. The summed E-state index contributed by atoms with van der Waals surface area (Å²) in [5, 5.41) is 0. The number of hydrogen-bond donors (Lipinski definition) is 0. The van der Waals surface area contributed by atoms with E-state index in [0.29, 0.717) is 12.5 Å². The molecule has 1 aromatic carbocycles. The first-order chi connectivity index (χ1) is 14.0. The SMILES string of the molecule is CCOC(=O)N1CCC(CN2CC[C@@H](N3C(=O)C(C)c4cc(F)ccc43)C2)CC1. The second-order valence-electron chi connectivity index (χ2n) is 8.46. The first kappa shape index (κ1) is 20.1. The molecule has 1 unspecified atom stereocenters. The second kappa shape index (κ2) is 8.30. The van der Waals surface area contributed by atoms with Crippen molar-refractivity contribution >= 4 is 17.7 Å². The Labute approximate surface area is 171 Å². The number of nitrogens with zero attached hydrogens (tertiary/aromatic N) is 3. The normalized spacial score (nSPS) is 25.6. The Morgan fingerprint density at radius 3 is 2.69 bits per heavy atom. The number of hydrogen-bond acceptors (Lipinski definition) is 4. The fourth-order valence-corrected chi connectivity index (χ4v) is 5.00. The van der Waals surface area contributed by atoms with Crippen LogP contribution in [0.5, 0.6) is 0 Å². The van der Waals surface area contributed by atoms with Crippen LogP contribution >= 0.6 is 0 Å². The van der Waals surface area contributed by atoms with Gasteiger partial charge in [0.2, 0.25) is 5.91 Å². The monoisotopic (exact) mass is 403 g/mol. The third-order valence-electron chi connectivity index (χ3n) is 6.59. The molecular weight excluding hydrogens is 373 g/mol. The maximum absolute atomic E-state index is 13.6. The van der Waals surface area contributed by atoms with E-state index >= 15 is 0 Å². The zero-order chi connectivity index (χ0) is 20.5. The van der Waals surface area contributed by atoms with Gasteiger partial charge in [-0.15, -0.1) is 0 Å². The molecule has 4 rings (SSSR count). The predicted molar refractivity (Wildman–Crippen MR) is 108 cm³/mol. The lowest BCUT2D eigenvalue weighted by molar-refractivity contribution is -0.119. The topological polar surface area (TPSA) is 53.1 Å². The van der Waals surface area contributed by atoms with Gasteiger partial charge in [-0.1, -0.05) is 0 Å². The van der Waals surface area contributed by atoms with Crippen molar-refractivity contribution in [3.05, 3.63) is 29.6 Å². The van der Waals surface area contributed by atoms with Gasteiger partial charge in [0, 0.05) is 38.4 Å². The summed E-state index contributed by atoms with van der Waals surface area (Å²) in [5.74, 6) is 0.0867. The first-order valence-corrected chi connectivity index (χ1v) is 10.7. The lowest BCUT2D eigenvalue weighted by atomic mass is 9.96. The van der Waals surface area contributed by atoms with E-state index in [9.17, 15) is 14.0 Å². The van der Waals surface area contributed by atoms with Crippen molar-refractivity contribution in [2.24, 2.45) is 5.92 Å². The van der Waals surface area contributed by atoms with Gasteiger partial charge in [0.1, 0.15) is 5.82 Å². The molecule has 2 atom stereocenters. The molecule has 0 N–H and O–H groups in total. The second-order valence-corrected chi connectivity index (χ2v) is 8.46. The highest BCUT2D eigenvalue weighted by Gasteiger charge is 2.41. The molecule has 29 heavy (non-hydrogen) atoms. The van der Waals surface area contributed by atoms with Crippen LogP contribution in [0.15, 0.2) is 18.2 Å². The summed E-state index contributed by atoms with van der Waals surface area (Å²) in [6, 6.07) is 4.85. The molecule has 2 saturated heterocycles. The molecule has 3 aliphatic rings. The van der Waals surface area contributed by atoms with Crippen LogP contribution in [0.4, 0.5) is 14.9 Å². The summed E-state index contributed by atoms with van der Waals surface area (Å²) in [6.07, 6.45) is 2.71. The van der Waals surface area contributed by atoms with Crippen LogP contribution in [0.25, 0.3) is 0 Å². The summed E-state index contributed by atoms with van der Waals surface area (Å²) in [4.78, 5) is 30.8. The number of amides is 2. The van der Waals surface area contributed by atoms with Crippen molar-refractivity contribution in [2.75, 3.05) is 44.2 Å². The van der Waals surface area contributed by atoms with Crippen LogP contribution < -0.4 is 4.90 Å². The Morgan fingerprint density at radius 2 is 1.97 bits per heavy atom. The first-order valence-electron chi connectivity index (χ1n) is 10.7. The van der Waals surface area contributed by atoms with Crippen molar-refractivity contribution in [1.82, 2.24) is 9.80 Å². The summed E-state index contributed by atoms with van der Waals surface area (Å²) >= 11 is 0. The third kappa shape index (κ3) is 3.97. The fraction of sp³-hybridized carbons (Fsp3) is 0.636. The van der Waals surface area contributed by atoms with Gasteiger partial charge >= 0.3 is 6.09 Å². The standard InChI is InChI=1S/C22H30FN3O3/c1-3-29-22(28)25-10-6-16(7-11-25)13-24-9-8-18(14-24)26-20-5-4-17(23)12-19(20)15(2)21(26)27/h4-5,12,15-16,18H,3,6-11,13-14H2,1-2H3/t15?,18-/m1/s1. The molecule has 0 spiro atoms. The van der Waals surface area contributed by atoms with Gasteiger partial charge in [0.05, 0.1) is 18.6 Å². The molecule has 158 valence electrons. The van der Waals surface area contributed by atoms with Crippen molar-refractivity contribution in [3.63, 3.8) is 0 Å². The molecular formula is C22H30FN3O3. The van der Waals surface area contributed by atoms with Crippen LogP contribution in [-0.2, 0) is 9.53 Å². The number of likely N-dealkylation sites (tertiary alicyclic amines) is 2. The predicted octanol–water partition coefficient (Wildman–Crippen LogP) is 3.22. The van der Waals surface area contributed by atoms with Crippen molar-refractivity contribution in [1.29, 1.82) is 0 Å². The molecule has 2 amide bonds. The van der Waals surface area contributed by atoms with Crippen LogP contribution in [0.3, 0.4) is 0 Å². The highest BCUT2D eigenvalue weighted by molar-refractivity contribution is 6.05. The van der Waals surface area contributed by atoms with Crippen LogP contribution in [0, 0.1) is 11.7 Å². The number of ether oxygens (including phenoxy) is 1. The highest BCUT2D eigenvalue weighted by Crippen LogP contribution is 2.40. The van der Waals surface area contributed by atoms with Crippen LogP contribution in [0.2, 0.25) is 0 Å². The van der Waals surface area contributed by atoms with E-state index in [1.54, 1.807) is 11.0 Å². The number of piperidine rings is 1. The lowest BCUT2D eigenvalue weighted by Gasteiger charge is -2.33. The molecule has 0 radical (unpaired) electrons. The zero-order valence-corrected chi connectivity index (χ0v) is 17.3. The van der Waals surface area contributed by atoms with Gasteiger partial charge < -0.3 is 19.4 Å². The maximum atomic E-state index is 13.6. The number of halogens is 1. The molecule has 2 fully saturated rings. The number of anilines is 1. The van der Waals surface area contributed by atoms with E-state index in [0.717, 1.165) is 63.2 Å². The molecule has 0 aromatic heterocycles. The molecule has 3 heterocycles. The molecule has 0 bridgehead atoms. The largest absolute Gasteiger partial charge is 0.450 e. The van der Waals surface area contributed by atoms with E-state index in [1.165, 1.54) is 12.1 Å². The summed E-state index contributed by atoms with van der Waals surface area (Å²) in [5.41, 5.74) is 1.68. The molecule has 6 nitrogen and oxygen atoms in total. The van der Waals surface area contributed by atoms with Gasteiger partial charge in [0.15, 0.2) is 0 Å². The van der Waals surface area contributed by atoms with Gasteiger partial charge in [-0.2, -0.15) is 0 Å². The minimum absolute atomic E-state index is 0.0835. The van der Waals surface area contributed by atoms with E-state index in [1.807, 2.05) is 18.7 Å². The van der Waals surface area contributed by atoms with Crippen molar-refractivity contribution in [2.45, 2.75) is 45.1 Å². The van der Waals surface area contributed by atoms with Gasteiger partial charge in [0.25, 0.3) is 0 Å². The Bertz CT molecular complexity index is 779. The molecule has 1 aromatic rings. The quantitative estimate of drug-likeness (QED) is 0.775. The van der Waals surface area contributed by atoms with E-state index < -0.39 is 0 Å². The van der Waals surface area contributed by atoms with Gasteiger partial charge in [-0.25, -0.2) is 9.18 Å².